The van der Waals surface area contributed by atoms with Crippen molar-refractivity contribution in [2.24, 2.45) is 0 Å². The normalized spacial score (nSPS) is 27.0. The lowest BCUT2D eigenvalue weighted by atomic mass is 9.99. The number of ether oxygens (including phenoxy) is 4. The van der Waals surface area contributed by atoms with Crippen molar-refractivity contribution in [3.8, 4) is 0 Å². The Morgan fingerprint density at radius 2 is 1.58 bits per heavy atom. The Hall–Kier alpha value is -1.30. The number of aliphatic hydroxyl groups is 4. The first-order valence-electron chi connectivity index (χ1n) is 11.1. The maximum Gasteiger partial charge on any atom is 0.306 e. The molecule has 6 atom stereocenters. The van der Waals surface area contributed by atoms with Gasteiger partial charge in [-0.05, 0) is 12.8 Å². The molecule has 182 valence electrons. The summed E-state index contributed by atoms with van der Waals surface area (Å²) in [5.74, 6) is -0.888. The van der Waals surface area contributed by atoms with Crippen LogP contribution < -0.4 is 0 Å². The second-order valence-electron chi connectivity index (χ2n) is 7.74. The Morgan fingerprint density at radius 1 is 0.871 bits per heavy atom. The standard InChI is InChI=1S/C21H38O10/c1-3-5-6-7-8-10-17(24)30-14(12-28-16(23)9-4-2)13-29-21-20(27)19(26)18(25)15(11-22)31-21/h14-15,18-22,25-27H,3-13H2,1-2H3/t14-,15-,18+,19+,20-,21-/m1/s1. The molecule has 0 spiro atoms. The predicted octanol–water partition coefficient (Wildman–Crippen LogP) is 0.419. The zero-order chi connectivity index (χ0) is 23.2. The summed E-state index contributed by atoms with van der Waals surface area (Å²) in [6, 6.07) is 0. The van der Waals surface area contributed by atoms with Crippen LogP contribution in [-0.2, 0) is 28.5 Å². The van der Waals surface area contributed by atoms with Crippen molar-refractivity contribution in [2.45, 2.75) is 102 Å². The highest BCUT2D eigenvalue weighted by Crippen LogP contribution is 2.22. The number of hydrogen-bond donors (Lipinski definition) is 4. The molecule has 0 aromatic rings. The summed E-state index contributed by atoms with van der Waals surface area (Å²) in [7, 11) is 0. The lowest BCUT2D eigenvalue weighted by Gasteiger charge is -2.39. The number of rotatable bonds is 15. The smallest absolute Gasteiger partial charge is 0.306 e. The minimum atomic E-state index is -1.58. The molecule has 10 heteroatoms. The zero-order valence-corrected chi connectivity index (χ0v) is 18.5. The molecule has 1 rings (SSSR count). The molecular formula is C21H38O10. The molecule has 1 fully saturated rings. The average molecular weight is 451 g/mol. The van der Waals surface area contributed by atoms with Crippen LogP contribution in [0.3, 0.4) is 0 Å². The van der Waals surface area contributed by atoms with Crippen LogP contribution in [0.25, 0.3) is 0 Å². The van der Waals surface area contributed by atoms with Crippen molar-refractivity contribution in [3.63, 3.8) is 0 Å². The van der Waals surface area contributed by atoms with E-state index in [1.807, 2.05) is 6.92 Å². The molecule has 0 amide bonds. The van der Waals surface area contributed by atoms with Gasteiger partial charge in [-0.2, -0.15) is 0 Å². The monoisotopic (exact) mass is 450 g/mol. The summed E-state index contributed by atoms with van der Waals surface area (Å²) in [5, 5.41) is 39.0. The van der Waals surface area contributed by atoms with Crippen LogP contribution in [0.5, 0.6) is 0 Å². The van der Waals surface area contributed by atoms with Gasteiger partial charge in [0.25, 0.3) is 0 Å². The lowest BCUT2D eigenvalue weighted by Crippen LogP contribution is -2.59. The molecule has 4 N–H and O–H groups in total. The molecule has 0 bridgehead atoms. The van der Waals surface area contributed by atoms with Crippen LogP contribution in [0.2, 0.25) is 0 Å². The molecule has 31 heavy (non-hydrogen) atoms. The number of esters is 2. The van der Waals surface area contributed by atoms with Gasteiger partial charge in [-0.25, -0.2) is 0 Å². The third-order valence-corrected chi connectivity index (χ3v) is 4.96. The Kier molecular flexibility index (Phi) is 13.9. The molecule has 1 saturated heterocycles. The highest BCUT2D eigenvalue weighted by Gasteiger charge is 2.44. The van der Waals surface area contributed by atoms with Gasteiger partial charge in [-0.3, -0.25) is 9.59 Å². The number of carbonyl (C=O) groups is 2. The molecule has 0 radical (unpaired) electrons. The average Bonchev–Trinajstić information content (AvgIpc) is 2.75. The highest BCUT2D eigenvalue weighted by molar-refractivity contribution is 5.70. The van der Waals surface area contributed by atoms with Gasteiger partial charge in [-0.1, -0.05) is 39.5 Å². The Bertz CT molecular complexity index is 512. The van der Waals surface area contributed by atoms with Crippen molar-refractivity contribution in [3.05, 3.63) is 0 Å². The first-order chi connectivity index (χ1) is 14.8. The first-order valence-corrected chi connectivity index (χ1v) is 11.1. The van der Waals surface area contributed by atoms with Gasteiger partial charge < -0.3 is 39.4 Å². The molecule has 0 aliphatic carbocycles. The third kappa shape index (κ3) is 10.2. The lowest BCUT2D eigenvalue weighted by molar-refractivity contribution is -0.305. The summed E-state index contributed by atoms with van der Waals surface area (Å²) in [6.45, 7) is 2.85. The van der Waals surface area contributed by atoms with Crippen molar-refractivity contribution in [2.75, 3.05) is 19.8 Å². The quantitative estimate of drug-likeness (QED) is 0.204. The minimum absolute atomic E-state index is 0.224. The molecule has 1 aliphatic rings. The van der Waals surface area contributed by atoms with Gasteiger partial charge in [0.05, 0.1) is 13.2 Å². The second kappa shape index (κ2) is 15.5. The zero-order valence-electron chi connectivity index (χ0n) is 18.5. The second-order valence-corrected chi connectivity index (χ2v) is 7.74. The van der Waals surface area contributed by atoms with E-state index in [4.69, 9.17) is 18.9 Å². The van der Waals surface area contributed by atoms with Crippen LogP contribution in [0, 0.1) is 0 Å². The minimum Gasteiger partial charge on any atom is -0.462 e. The SMILES string of the molecule is CCCCCCCC(=O)O[C@H](COC(=O)CCC)CO[C@@H]1O[C@H](CO)[C@H](O)[C@H](O)[C@H]1O. The van der Waals surface area contributed by atoms with Gasteiger partial charge >= 0.3 is 11.9 Å². The molecular weight excluding hydrogens is 412 g/mol. The van der Waals surface area contributed by atoms with Crippen LogP contribution in [0.4, 0.5) is 0 Å². The summed E-state index contributed by atoms with van der Waals surface area (Å²) in [5.41, 5.74) is 0. The fourth-order valence-electron chi connectivity index (χ4n) is 3.10. The van der Waals surface area contributed by atoms with E-state index in [0.717, 1.165) is 25.7 Å². The van der Waals surface area contributed by atoms with E-state index < -0.39 is 55.4 Å². The molecule has 10 nitrogen and oxygen atoms in total. The maximum absolute atomic E-state index is 12.2. The number of hydrogen-bond acceptors (Lipinski definition) is 10. The summed E-state index contributed by atoms with van der Waals surface area (Å²) in [6.07, 6.45) is -2.14. The predicted molar refractivity (Wildman–Crippen MR) is 109 cm³/mol. The molecule has 1 heterocycles. The Morgan fingerprint density at radius 3 is 2.23 bits per heavy atom. The van der Waals surface area contributed by atoms with E-state index in [1.54, 1.807) is 0 Å². The van der Waals surface area contributed by atoms with Crippen LogP contribution in [-0.4, -0.2) is 89.0 Å². The topological polar surface area (TPSA) is 152 Å². The third-order valence-electron chi connectivity index (χ3n) is 4.96. The fraction of sp³-hybridized carbons (Fsp3) is 0.905. The molecule has 0 aromatic heterocycles. The summed E-state index contributed by atoms with van der Waals surface area (Å²) >= 11 is 0. The van der Waals surface area contributed by atoms with Crippen molar-refractivity contribution < 1.29 is 49.0 Å². The van der Waals surface area contributed by atoms with Crippen molar-refractivity contribution in [1.82, 2.24) is 0 Å². The van der Waals surface area contributed by atoms with Crippen LogP contribution in [0.15, 0.2) is 0 Å². The summed E-state index contributed by atoms with van der Waals surface area (Å²) < 4.78 is 21.2. The van der Waals surface area contributed by atoms with Gasteiger partial charge in [0.1, 0.15) is 31.0 Å². The molecule has 1 aliphatic heterocycles. The van der Waals surface area contributed by atoms with E-state index >= 15 is 0 Å². The molecule has 0 saturated carbocycles. The fourth-order valence-corrected chi connectivity index (χ4v) is 3.10. The largest absolute Gasteiger partial charge is 0.462 e. The Labute approximate surface area is 183 Å². The van der Waals surface area contributed by atoms with E-state index in [1.165, 1.54) is 0 Å². The van der Waals surface area contributed by atoms with Crippen LogP contribution in [0.1, 0.15) is 65.2 Å². The molecule has 0 aromatic carbocycles. The van der Waals surface area contributed by atoms with Gasteiger partial charge in [0, 0.05) is 12.8 Å². The first kappa shape index (κ1) is 27.7. The van der Waals surface area contributed by atoms with Gasteiger partial charge in [-0.15, -0.1) is 0 Å². The van der Waals surface area contributed by atoms with Gasteiger partial charge in [0.15, 0.2) is 12.4 Å². The van der Waals surface area contributed by atoms with Crippen LogP contribution >= 0.6 is 0 Å². The van der Waals surface area contributed by atoms with E-state index in [9.17, 15) is 30.0 Å². The van der Waals surface area contributed by atoms with Crippen molar-refractivity contribution >= 4 is 11.9 Å². The number of unbranched alkanes of at least 4 members (excludes halogenated alkanes) is 4. The number of aliphatic hydroxyl groups excluding tert-OH is 4. The Balaban J connectivity index is 2.60. The van der Waals surface area contributed by atoms with E-state index in [-0.39, 0.29) is 26.1 Å². The highest BCUT2D eigenvalue weighted by atomic mass is 16.7. The molecule has 0 unspecified atom stereocenters. The van der Waals surface area contributed by atoms with Crippen molar-refractivity contribution in [1.29, 1.82) is 0 Å². The summed E-state index contributed by atoms with van der Waals surface area (Å²) in [4.78, 5) is 23.8. The van der Waals surface area contributed by atoms with Gasteiger partial charge in [0.2, 0.25) is 0 Å². The maximum atomic E-state index is 12.2. The van der Waals surface area contributed by atoms with E-state index in [0.29, 0.717) is 12.8 Å². The van der Waals surface area contributed by atoms with E-state index in [2.05, 4.69) is 6.92 Å². The number of carbonyl (C=O) groups excluding carboxylic acids is 2.